The molecule has 3 heteroatoms. The van der Waals surface area contributed by atoms with E-state index in [0.717, 1.165) is 10.9 Å². The molecule has 3 rings (SSSR count). The minimum atomic E-state index is -0.153. The van der Waals surface area contributed by atoms with E-state index >= 15 is 0 Å². The first kappa shape index (κ1) is 10.6. The maximum atomic E-state index is 12.0. The Morgan fingerprint density at radius 1 is 0.944 bits per heavy atom. The zero-order valence-corrected chi connectivity index (χ0v) is 9.55. The number of para-hydroxylation sites is 1. The molecule has 0 unspecified atom stereocenters. The van der Waals surface area contributed by atoms with Gasteiger partial charge < -0.3 is 10.1 Å². The van der Waals surface area contributed by atoms with Gasteiger partial charge in [0.05, 0.1) is 0 Å². The number of nitrogens with one attached hydrogen (secondary N) is 1. The van der Waals surface area contributed by atoms with Crippen molar-refractivity contribution in [3.05, 3.63) is 65.0 Å². The van der Waals surface area contributed by atoms with Crippen molar-refractivity contribution in [1.29, 1.82) is 0 Å². The summed E-state index contributed by atoms with van der Waals surface area (Å²) in [6, 6.07) is 16.1. The van der Waals surface area contributed by atoms with Gasteiger partial charge >= 0.3 is 0 Å². The number of aromatic amines is 1. The second-order valence-corrected chi connectivity index (χ2v) is 4.15. The average molecular weight is 237 g/mol. The highest BCUT2D eigenvalue weighted by atomic mass is 16.3. The predicted octanol–water partition coefficient (Wildman–Crippen LogP) is 2.90. The first-order chi connectivity index (χ1) is 8.74. The number of aromatic hydroxyl groups is 1. The molecule has 0 saturated carbocycles. The summed E-state index contributed by atoms with van der Waals surface area (Å²) in [7, 11) is 0. The second kappa shape index (κ2) is 4.04. The van der Waals surface area contributed by atoms with Gasteiger partial charge in [0.15, 0.2) is 0 Å². The summed E-state index contributed by atoms with van der Waals surface area (Å²) in [6.45, 7) is 0. The van der Waals surface area contributed by atoms with Gasteiger partial charge in [-0.25, -0.2) is 0 Å². The van der Waals surface area contributed by atoms with E-state index in [1.54, 1.807) is 24.3 Å². The molecule has 3 aromatic rings. The Kier molecular flexibility index (Phi) is 2.38. The van der Waals surface area contributed by atoms with Crippen LogP contribution in [-0.2, 0) is 0 Å². The lowest BCUT2D eigenvalue weighted by molar-refractivity contribution is 0.475. The Morgan fingerprint density at radius 3 is 2.61 bits per heavy atom. The van der Waals surface area contributed by atoms with E-state index in [9.17, 15) is 9.90 Å². The van der Waals surface area contributed by atoms with Gasteiger partial charge in [0.1, 0.15) is 5.75 Å². The molecule has 18 heavy (non-hydrogen) atoms. The van der Waals surface area contributed by atoms with Crippen LogP contribution in [0.3, 0.4) is 0 Å². The Labute approximate surface area is 103 Å². The van der Waals surface area contributed by atoms with Crippen molar-refractivity contribution in [2.45, 2.75) is 0 Å². The molecule has 2 N–H and O–H groups in total. The number of benzene rings is 2. The van der Waals surface area contributed by atoms with Crippen molar-refractivity contribution < 1.29 is 5.11 Å². The van der Waals surface area contributed by atoms with Crippen LogP contribution in [0.2, 0.25) is 0 Å². The number of aromatic nitrogens is 1. The molecule has 0 amide bonds. The van der Waals surface area contributed by atoms with E-state index in [0.29, 0.717) is 11.1 Å². The minimum Gasteiger partial charge on any atom is -0.508 e. The summed E-state index contributed by atoms with van der Waals surface area (Å²) >= 11 is 0. The number of fused-ring (bicyclic) bond motifs is 1. The van der Waals surface area contributed by atoms with Crippen LogP contribution in [0.1, 0.15) is 0 Å². The molecule has 0 aliphatic rings. The molecular formula is C15H11NO2. The molecule has 0 radical (unpaired) electrons. The first-order valence-corrected chi connectivity index (χ1v) is 5.65. The zero-order chi connectivity index (χ0) is 12.5. The van der Waals surface area contributed by atoms with E-state index in [-0.39, 0.29) is 11.3 Å². The van der Waals surface area contributed by atoms with Gasteiger partial charge in [-0.1, -0.05) is 30.3 Å². The number of rotatable bonds is 1. The van der Waals surface area contributed by atoms with Crippen molar-refractivity contribution in [1.82, 2.24) is 4.98 Å². The van der Waals surface area contributed by atoms with Crippen molar-refractivity contribution in [2.24, 2.45) is 0 Å². The van der Waals surface area contributed by atoms with Crippen LogP contribution in [0, 0.1) is 0 Å². The summed E-state index contributed by atoms with van der Waals surface area (Å²) in [6.07, 6.45) is 0. The van der Waals surface area contributed by atoms with Crippen molar-refractivity contribution in [3.8, 4) is 16.9 Å². The number of phenolic OH excluding ortho intramolecular Hbond substituents is 1. The number of pyridine rings is 1. The fourth-order valence-corrected chi connectivity index (χ4v) is 2.04. The molecule has 0 atom stereocenters. The Morgan fingerprint density at radius 2 is 1.78 bits per heavy atom. The van der Waals surface area contributed by atoms with Crippen LogP contribution in [0.25, 0.3) is 22.0 Å². The van der Waals surface area contributed by atoms with Gasteiger partial charge in [0.2, 0.25) is 0 Å². The van der Waals surface area contributed by atoms with Crippen LogP contribution in [-0.4, -0.2) is 10.1 Å². The fraction of sp³-hybridized carbons (Fsp3) is 0. The van der Waals surface area contributed by atoms with Gasteiger partial charge in [-0.15, -0.1) is 0 Å². The number of phenols is 1. The van der Waals surface area contributed by atoms with Crippen molar-refractivity contribution in [3.63, 3.8) is 0 Å². The monoisotopic (exact) mass is 237 g/mol. The number of hydrogen-bond donors (Lipinski definition) is 2. The normalized spacial score (nSPS) is 10.7. The summed E-state index contributed by atoms with van der Waals surface area (Å²) < 4.78 is 0. The molecule has 0 bridgehead atoms. The molecule has 0 fully saturated rings. The van der Waals surface area contributed by atoms with E-state index in [1.807, 2.05) is 30.3 Å². The highest BCUT2D eigenvalue weighted by Crippen LogP contribution is 2.22. The minimum absolute atomic E-state index is 0.153. The molecule has 1 heterocycles. The summed E-state index contributed by atoms with van der Waals surface area (Å²) in [5.41, 5.74) is 1.93. The molecule has 0 aliphatic heterocycles. The number of H-pyrrole nitrogens is 1. The van der Waals surface area contributed by atoms with Crippen LogP contribution in [0.15, 0.2) is 59.4 Å². The topological polar surface area (TPSA) is 53.1 Å². The van der Waals surface area contributed by atoms with Gasteiger partial charge in [0.25, 0.3) is 5.56 Å². The van der Waals surface area contributed by atoms with Crippen LogP contribution < -0.4 is 5.56 Å². The van der Waals surface area contributed by atoms with Crippen LogP contribution >= 0.6 is 0 Å². The van der Waals surface area contributed by atoms with E-state index < -0.39 is 0 Å². The highest BCUT2D eigenvalue weighted by molar-refractivity contribution is 5.83. The Balaban J connectivity index is 2.29. The van der Waals surface area contributed by atoms with Crippen LogP contribution in [0.5, 0.6) is 5.75 Å². The van der Waals surface area contributed by atoms with E-state index in [2.05, 4.69) is 4.98 Å². The third-order valence-electron chi connectivity index (χ3n) is 2.91. The maximum absolute atomic E-state index is 12.0. The quantitative estimate of drug-likeness (QED) is 0.683. The van der Waals surface area contributed by atoms with Crippen molar-refractivity contribution >= 4 is 10.9 Å². The maximum Gasteiger partial charge on any atom is 0.256 e. The third-order valence-corrected chi connectivity index (χ3v) is 2.91. The lowest BCUT2D eigenvalue weighted by Crippen LogP contribution is -2.08. The van der Waals surface area contributed by atoms with Gasteiger partial charge in [-0.3, -0.25) is 4.79 Å². The number of hydrogen-bond acceptors (Lipinski definition) is 2. The van der Waals surface area contributed by atoms with Gasteiger partial charge in [-0.2, -0.15) is 0 Å². The fourth-order valence-electron chi connectivity index (χ4n) is 2.04. The largest absolute Gasteiger partial charge is 0.508 e. The first-order valence-electron chi connectivity index (χ1n) is 5.65. The molecule has 0 aliphatic carbocycles. The molecule has 0 saturated heterocycles. The Bertz CT molecular complexity index is 775. The molecule has 2 aromatic carbocycles. The van der Waals surface area contributed by atoms with E-state index in [4.69, 9.17) is 0 Å². The van der Waals surface area contributed by atoms with Crippen molar-refractivity contribution in [2.75, 3.05) is 0 Å². The highest BCUT2D eigenvalue weighted by Gasteiger charge is 2.05. The zero-order valence-electron chi connectivity index (χ0n) is 9.55. The van der Waals surface area contributed by atoms with Crippen LogP contribution in [0.4, 0.5) is 0 Å². The van der Waals surface area contributed by atoms with Gasteiger partial charge in [0, 0.05) is 11.1 Å². The van der Waals surface area contributed by atoms with Gasteiger partial charge in [-0.05, 0) is 35.2 Å². The molecule has 3 nitrogen and oxygen atoms in total. The SMILES string of the molecule is O=c1[nH]c2ccccc2cc1-c1cccc(O)c1. The third kappa shape index (κ3) is 1.76. The van der Waals surface area contributed by atoms with E-state index in [1.165, 1.54) is 0 Å². The summed E-state index contributed by atoms with van der Waals surface area (Å²) in [5.74, 6) is 0.153. The lowest BCUT2D eigenvalue weighted by Gasteiger charge is -2.04. The standard InChI is InChI=1S/C15H11NO2/c17-12-6-3-5-10(8-12)13-9-11-4-1-2-7-14(11)16-15(13)18/h1-9,17H,(H,16,18). The lowest BCUT2D eigenvalue weighted by atomic mass is 10.0. The second-order valence-electron chi connectivity index (χ2n) is 4.15. The molecule has 0 spiro atoms. The molecular weight excluding hydrogens is 226 g/mol. The summed E-state index contributed by atoms with van der Waals surface area (Å²) in [4.78, 5) is 14.8. The predicted molar refractivity (Wildman–Crippen MR) is 71.7 cm³/mol. The molecule has 1 aromatic heterocycles. The average Bonchev–Trinajstić information content (AvgIpc) is 2.38. The Hall–Kier alpha value is -2.55. The smallest absolute Gasteiger partial charge is 0.256 e. The molecule has 88 valence electrons. The summed E-state index contributed by atoms with van der Waals surface area (Å²) in [5, 5.41) is 10.4.